The highest BCUT2D eigenvalue weighted by molar-refractivity contribution is 5.86. The lowest BCUT2D eigenvalue weighted by Crippen LogP contribution is -2.78. The highest BCUT2D eigenvalue weighted by Crippen LogP contribution is 2.76. The molecule has 1 saturated carbocycles. The van der Waals surface area contributed by atoms with Crippen LogP contribution in [-0.2, 0) is 29.2 Å². The van der Waals surface area contributed by atoms with Crippen molar-refractivity contribution in [3.63, 3.8) is 0 Å². The number of hydrogen-bond donors (Lipinski definition) is 1. The molecule has 1 N–H and O–H groups in total. The average molecular weight is 410 g/mol. The van der Waals surface area contributed by atoms with Gasteiger partial charge in [0.15, 0.2) is 5.72 Å². The maximum absolute atomic E-state index is 13.8. The molecule has 7 nitrogen and oxygen atoms in total. The number of nitrogens with zero attached hydrogens (tertiary/aromatic N) is 1. The highest BCUT2D eigenvalue weighted by atomic mass is 16.6. The Hall–Kier alpha value is -2.38. The molecule has 1 aromatic rings. The molecule has 6 atom stereocenters. The molecule has 3 unspecified atom stereocenters. The van der Waals surface area contributed by atoms with Crippen molar-refractivity contribution in [1.29, 1.82) is 0 Å². The van der Waals surface area contributed by atoms with Crippen LogP contribution in [-0.4, -0.2) is 55.1 Å². The van der Waals surface area contributed by atoms with E-state index in [1.54, 1.807) is 0 Å². The fourth-order valence-electron chi connectivity index (χ4n) is 7.51. The van der Waals surface area contributed by atoms with Gasteiger partial charge in [-0.25, -0.2) is 0 Å². The molecular weight excluding hydrogens is 384 g/mol. The standard InChI is InChI=1S/C23H26N2O5/c1-4-14-11-25-18-9-16(14)21(20(27)28-3,12-29-13(2)26)22-10-19(25)30-23(18,22)24-17-8-6-5-7-15(17)22/h4-8,16,18-19,24H,9-12H2,1-3H3/b14-4-/t16?,18-,19?,21?,22-,23-/m0/s1. The second-order valence-corrected chi connectivity index (χ2v) is 9.17. The number of piperidine rings is 2. The van der Waals surface area contributed by atoms with Gasteiger partial charge in [0, 0.05) is 31.5 Å². The molecule has 158 valence electrons. The Morgan fingerprint density at radius 3 is 2.90 bits per heavy atom. The maximum Gasteiger partial charge on any atom is 0.317 e. The van der Waals surface area contributed by atoms with Crippen LogP contribution in [0.25, 0.3) is 0 Å². The van der Waals surface area contributed by atoms with Gasteiger partial charge in [0.25, 0.3) is 0 Å². The summed E-state index contributed by atoms with van der Waals surface area (Å²) in [6.07, 6.45) is 3.45. The maximum atomic E-state index is 13.8. The first kappa shape index (κ1) is 18.4. The minimum atomic E-state index is -1.06. The number of esters is 2. The summed E-state index contributed by atoms with van der Waals surface area (Å²) < 4.78 is 17.9. The Morgan fingerprint density at radius 1 is 1.37 bits per heavy atom. The Balaban J connectivity index is 1.69. The zero-order valence-electron chi connectivity index (χ0n) is 17.4. The van der Waals surface area contributed by atoms with Crippen molar-refractivity contribution in [3.05, 3.63) is 41.5 Å². The highest BCUT2D eigenvalue weighted by Gasteiger charge is 2.87. The molecule has 30 heavy (non-hydrogen) atoms. The van der Waals surface area contributed by atoms with E-state index in [0.29, 0.717) is 6.42 Å². The SMILES string of the molecule is C/C=C1/CN2C3C[C@@]45c6ccccc6N[C@]4(O3)[C@@H]2CC1C5(COC(C)=O)C(=O)OC. The molecule has 4 aliphatic heterocycles. The second-order valence-electron chi connectivity index (χ2n) is 9.17. The molecule has 1 aliphatic carbocycles. The zero-order valence-corrected chi connectivity index (χ0v) is 17.4. The third-order valence-corrected chi connectivity index (χ3v) is 8.44. The monoisotopic (exact) mass is 410 g/mol. The zero-order chi connectivity index (χ0) is 20.9. The molecule has 6 rings (SSSR count). The van der Waals surface area contributed by atoms with Gasteiger partial charge >= 0.3 is 11.9 Å². The number of carbonyl (C=O) groups excluding carboxylic acids is 2. The van der Waals surface area contributed by atoms with Crippen LogP contribution in [0.3, 0.4) is 0 Å². The summed E-state index contributed by atoms with van der Waals surface area (Å²) in [5.41, 5.74) is 0.775. The van der Waals surface area contributed by atoms with Crippen LogP contribution in [0.5, 0.6) is 0 Å². The van der Waals surface area contributed by atoms with Crippen molar-refractivity contribution in [2.45, 2.75) is 50.1 Å². The van der Waals surface area contributed by atoms with Crippen molar-refractivity contribution in [3.8, 4) is 0 Å². The van der Waals surface area contributed by atoms with E-state index in [0.717, 1.165) is 24.2 Å². The van der Waals surface area contributed by atoms with Crippen molar-refractivity contribution in [1.82, 2.24) is 4.90 Å². The Bertz CT molecular complexity index is 1010. The lowest BCUT2D eigenvalue weighted by molar-refractivity contribution is -0.196. The van der Waals surface area contributed by atoms with Gasteiger partial charge in [0.1, 0.15) is 18.2 Å². The van der Waals surface area contributed by atoms with Gasteiger partial charge in [-0.1, -0.05) is 29.8 Å². The van der Waals surface area contributed by atoms with Crippen LogP contribution >= 0.6 is 0 Å². The molecule has 0 aromatic heterocycles. The van der Waals surface area contributed by atoms with Crippen LogP contribution in [0.2, 0.25) is 0 Å². The van der Waals surface area contributed by atoms with E-state index in [4.69, 9.17) is 14.2 Å². The molecule has 1 spiro atoms. The predicted octanol–water partition coefficient (Wildman–Crippen LogP) is 2.18. The normalized spacial score (nSPS) is 43.3. The molecule has 1 aromatic carbocycles. The molecule has 4 fully saturated rings. The van der Waals surface area contributed by atoms with Crippen molar-refractivity contribution < 1.29 is 23.8 Å². The molecule has 4 bridgehead atoms. The summed E-state index contributed by atoms with van der Waals surface area (Å²) in [7, 11) is 1.43. The largest absolute Gasteiger partial charge is 0.468 e. The molecule has 4 heterocycles. The number of allylic oxidation sites excluding steroid dienone is 1. The number of nitrogens with one attached hydrogen (secondary N) is 1. The number of benzene rings is 1. The summed E-state index contributed by atoms with van der Waals surface area (Å²) >= 11 is 0. The predicted molar refractivity (Wildman–Crippen MR) is 107 cm³/mol. The third-order valence-electron chi connectivity index (χ3n) is 8.44. The van der Waals surface area contributed by atoms with Crippen molar-refractivity contribution >= 4 is 17.6 Å². The van der Waals surface area contributed by atoms with Gasteiger partial charge in [0.2, 0.25) is 0 Å². The first-order valence-corrected chi connectivity index (χ1v) is 10.6. The lowest BCUT2D eigenvalue weighted by Gasteiger charge is -2.64. The number of methoxy groups -OCH3 is 1. The van der Waals surface area contributed by atoms with Gasteiger partial charge in [-0.3, -0.25) is 14.5 Å². The van der Waals surface area contributed by atoms with E-state index < -0.39 is 22.5 Å². The lowest BCUT2D eigenvalue weighted by atomic mass is 9.42. The number of ether oxygens (including phenoxy) is 3. The Kier molecular flexibility index (Phi) is 3.46. The van der Waals surface area contributed by atoms with E-state index in [1.807, 2.05) is 25.1 Å². The van der Waals surface area contributed by atoms with Crippen molar-refractivity contribution in [2.75, 3.05) is 25.6 Å². The molecule has 0 radical (unpaired) electrons. The second kappa shape index (κ2) is 5.65. The van der Waals surface area contributed by atoms with Crippen LogP contribution < -0.4 is 5.32 Å². The summed E-state index contributed by atoms with van der Waals surface area (Å²) in [6, 6.07) is 8.28. The van der Waals surface area contributed by atoms with E-state index in [9.17, 15) is 9.59 Å². The summed E-state index contributed by atoms with van der Waals surface area (Å²) in [5.74, 6) is -0.804. The number of para-hydroxylation sites is 1. The molecule has 5 aliphatic rings. The van der Waals surface area contributed by atoms with Gasteiger partial charge in [-0.05, 0) is 25.0 Å². The summed E-state index contributed by atoms with van der Waals surface area (Å²) in [4.78, 5) is 28.2. The number of hydrogen-bond acceptors (Lipinski definition) is 7. The van der Waals surface area contributed by atoms with Crippen LogP contribution in [0.4, 0.5) is 5.69 Å². The first-order valence-electron chi connectivity index (χ1n) is 10.6. The van der Waals surface area contributed by atoms with Gasteiger partial charge in [-0.15, -0.1) is 0 Å². The summed E-state index contributed by atoms with van der Waals surface area (Å²) in [5, 5.41) is 3.70. The van der Waals surface area contributed by atoms with E-state index in [2.05, 4.69) is 22.4 Å². The van der Waals surface area contributed by atoms with Gasteiger partial charge in [-0.2, -0.15) is 0 Å². The van der Waals surface area contributed by atoms with Crippen LogP contribution in [0.15, 0.2) is 35.9 Å². The van der Waals surface area contributed by atoms with Crippen LogP contribution in [0.1, 0.15) is 32.3 Å². The average Bonchev–Trinajstić information content (AvgIpc) is 3.35. The van der Waals surface area contributed by atoms with E-state index in [1.165, 1.54) is 19.6 Å². The number of carbonyl (C=O) groups is 2. The first-order chi connectivity index (χ1) is 14.4. The number of anilines is 1. The molecule has 0 amide bonds. The molecule has 3 saturated heterocycles. The number of fused-ring (bicyclic) bond motifs is 4. The summed E-state index contributed by atoms with van der Waals surface area (Å²) in [6.45, 7) is 4.15. The van der Waals surface area contributed by atoms with Crippen molar-refractivity contribution in [2.24, 2.45) is 11.3 Å². The topological polar surface area (TPSA) is 77.1 Å². The minimum absolute atomic E-state index is 0.0163. The minimum Gasteiger partial charge on any atom is -0.468 e. The molecular formula is C23H26N2O5. The Morgan fingerprint density at radius 2 is 2.17 bits per heavy atom. The fraction of sp³-hybridized carbons (Fsp3) is 0.565. The fourth-order valence-corrected chi connectivity index (χ4v) is 7.51. The smallest absolute Gasteiger partial charge is 0.317 e. The van der Waals surface area contributed by atoms with Gasteiger partial charge < -0.3 is 19.5 Å². The van der Waals surface area contributed by atoms with Gasteiger partial charge in [0.05, 0.1) is 18.6 Å². The Labute approximate surface area is 175 Å². The van der Waals surface area contributed by atoms with Crippen LogP contribution in [0, 0.1) is 11.3 Å². The third kappa shape index (κ3) is 1.70. The quantitative estimate of drug-likeness (QED) is 0.605. The number of rotatable bonds is 3. The van der Waals surface area contributed by atoms with E-state index in [-0.39, 0.29) is 30.8 Å². The van der Waals surface area contributed by atoms with E-state index >= 15 is 0 Å². The molecule has 7 heteroatoms.